The summed E-state index contributed by atoms with van der Waals surface area (Å²) in [6, 6.07) is 3.76. The molecule has 21 heavy (non-hydrogen) atoms. The van der Waals surface area contributed by atoms with Gasteiger partial charge in [-0.2, -0.15) is 0 Å². The van der Waals surface area contributed by atoms with Gasteiger partial charge in [0.25, 0.3) is 0 Å². The molecule has 1 aromatic rings. The van der Waals surface area contributed by atoms with Gasteiger partial charge in [-0.05, 0) is 45.4 Å². The van der Waals surface area contributed by atoms with Gasteiger partial charge in [-0.3, -0.25) is 14.6 Å². The average Bonchev–Trinajstić information content (AvgIpc) is 2.41. The molecular formula is C16H24N2O3. The number of carbonyl (C=O) groups is 2. The lowest BCUT2D eigenvalue weighted by Crippen LogP contribution is -2.31. The Labute approximate surface area is 126 Å². The number of hydrogen-bond donors (Lipinski definition) is 0. The second kappa shape index (κ2) is 7.76. The van der Waals surface area contributed by atoms with E-state index in [9.17, 15) is 9.59 Å². The monoisotopic (exact) mass is 292 g/mol. The molecule has 0 unspecified atom stereocenters. The Balaban J connectivity index is 2.47. The second-order valence-corrected chi connectivity index (χ2v) is 5.85. The number of carbonyl (C=O) groups excluding carboxylic acids is 2. The zero-order valence-electron chi connectivity index (χ0n) is 13.3. The van der Waals surface area contributed by atoms with Crippen molar-refractivity contribution in [3.05, 3.63) is 30.1 Å². The molecule has 0 atom stereocenters. The summed E-state index contributed by atoms with van der Waals surface area (Å²) in [5.74, 6) is -0.379. The minimum absolute atomic E-state index is 0.0415. The van der Waals surface area contributed by atoms with Gasteiger partial charge in [-0.15, -0.1) is 0 Å². The predicted molar refractivity (Wildman–Crippen MR) is 80.4 cm³/mol. The van der Waals surface area contributed by atoms with E-state index in [-0.39, 0.29) is 24.7 Å². The average molecular weight is 292 g/mol. The van der Waals surface area contributed by atoms with Gasteiger partial charge in [-0.25, -0.2) is 0 Å². The molecule has 1 amide bonds. The highest BCUT2D eigenvalue weighted by Gasteiger charge is 2.19. The van der Waals surface area contributed by atoms with Crippen LogP contribution >= 0.6 is 0 Å². The zero-order valence-corrected chi connectivity index (χ0v) is 13.3. The van der Waals surface area contributed by atoms with Crippen LogP contribution in [0.4, 0.5) is 0 Å². The van der Waals surface area contributed by atoms with Crippen LogP contribution in [0.2, 0.25) is 0 Å². The number of nitrogens with zero attached hydrogens (tertiary/aromatic N) is 2. The quantitative estimate of drug-likeness (QED) is 0.756. The molecule has 1 aromatic heterocycles. The van der Waals surface area contributed by atoms with Crippen LogP contribution in [0.5, 0.6) is 0 Å². The third-order valence-electron chi connectivity index (χ3n) is 2.82. The first kappa shape index (κ1) is 17.1. The van der Waals surface area contributed by atoms with Gasteiger partial charge >= 0.3 is 5.97 Å². The van der Waals surface area contributed by atoms with Crippen LogP contribution < -0.4 is 0 Å². The minimum Gasteiger partial charge on any atom is -0.460 e. The molecule has 1 rings (SSSR count). The van der Waals surface area contributed by atoms with Gasteiger partial charge in [0.2, 0.25) is 5.91 Å². The Kier molecular flexibility index (Phi) is 6.34. The lowest BCUT2D eigenvalue weighted by molar-refractivity contribution is -0.156. The summed E-state index contributed by atoms with van der Waals surface area (Å²) >= 11 is 0. The molecule has 0 aliphatic rings. The molecule has 116 valence electrons. The maximum absolute atomic E-state index is 12.2. The first-order valence-corrected chi connectivity index (χ1v) is 7.20. The van der Waals surface area contributed by atoms with E-state index in [1.54, 1.807) is 17.3 Å². The van der Waals surface area contributed by atoms with Crippen LogP contribution in [0.25, 0.3) is 0 Å². The van der Waals surface area contributed by atoms with Crippen molar-refractivity contribution in [2.24, 2.45) is 0 Å². The summed E-state index contributed by atoms with van der Waals surface area (Å²) in [5, 5.41) is 0. The van der Waals surface area contributed by atoms with Crippen LogP contribution in [0.3, 0.4) is 0 Å². The molecule has 0 aliphatic carbocycles. The smallest absolute Gasteiger partial charge is 0.306 e. The molecule has 1 heterocycles. The maximum Gasteiger partial charge on any atom is 0.306 e. The highest BCUT2D eigenvalue weighted by atomic mass is 16.6. The topological polar surface area (TPSA) is 59.5 Å². The Morgan fingerprint density at radius 1 is 1.19 bits per heavy atom. The van der Waals surface area contributed by atoms with E-state index in [0.717, 1.165) is 5.56 Å². The van der Waals surface area contributed by atoms with E-state index in [4.69, 9.17) is 4.74 Å². The number of hydrogen-bond acceptors (Lipinski definition) is 4. The summed E-state index contributed by atoms with van der Waals surface area (Å²) < 4.78 is 5.20. The molecule has 0 fully saturated rings. The molecule has 0 spiro atoms. The first-order chi connectivity index (χ1) is 9.81. The van der Waals surface area contributed by atoms with E-state index < -0.39 is 5.60 Å². The zero-order chi connectivity index (χ0) is 15.9. The number of aromatic nitrogens is 1. The number of pyridine rings is 1. The van der Waals surface area contributed by atoms with E-state index in [2.05, 4.69) is 4.98 Å². The summed E-state index contributed by atoms with van der Waals surface area (Å²) in [4.78, 5) is 29.5. The van der Waals surface area contributed by atoms with Crippen molar-refractivity contribution in [3.8, 4) is 0 Å². The third-order valence-corrected chi connectivity index (χ3v) is 2.82. The fourth-order valence-electron chi connectivity index (χ4n) is 1.84. The summed E-state index contributed by atoms with van der Waals surface area (Å²) in [6.07, 6.45) is 3.69. The van der Waals surface area contributed by atoms with Gasteiger partial charge in [0, 0.05) is 31.9 Å². The highest BCUT2D eigenvalue weighted by molar-refractivity contribution is 5.81. The fourth-order valence-corrected chi connectivity index (χ4v) is 1.84. The Hall–Kier alpha value is -1.91. The van der Waals surface area contributed by atoms with Crippen molar-refractivity contribution >= 4 is 11.9 Å². The van der Waals surface area contributed by atoms with Crippen molar-refractivity contribution in [3.63, 3.8) is 0 Å². The molecule has 0 saturated heterocycles. The standard InChI is InChI=1S/C16H24N2O3/c1-5-18(12-13-8-10-17-11-9-13)14(19)6-7-15(20)21-16(2,3)4/h8-11H,5-7,12H2,1-4H3. The van der Waals surface area contributed by atoms with Crippen molar-refractivity contribution in [1.82, 2.24) is 9.88 Å². The van der Waals surface area contributed by atoms with Crippen molar-refractivity contribution in [2.45, 2.75) is 52.7 Å². The number of ether oxygens (including phenoxy) is 1. The number of amides is 1. The van der Waals surface area contributed by atoms with Gasteiger partial charge in [0.05, 0.1) is 6.42 Å². The van der Waals surface area contributed by atoms with Gasteiger partial charge in [0.15, 0.2) is 0 Å². The second-order valence-electron chi connectivity index (χ2n) is 5.85. The molecule has 0 saturated carbocycles. The molecular weight excluding hydrogens is 268 g/mol. The fraction of sp³-hybridized carbons (Fsp3) is 0.562. The van der Waals surface area contributed by atoms with Crippen molar-refractivity contribution in [2.75, 3.05) is 6.54 Å². The van der Waals surface area contributed by atoms with E-state index >= 15 is 0 Å². The van der Waals surface area contributed by atoms with E-state index in [1.807, 2.05) is 39.8 Å². The third kappa shape index (κ3) is 6.88. The molecule has 5 heteroatoms. The maximum atomic E-state index is 12.2. The minimum atomic E-state index is -0.512. The number of esters is 1. The normalized spacial score (nSPS) is 11.0. The van der Waals surface area contributed by atoms with Crippen LogP contribution in [-0.4, -0.2) is 33.9 Å². The molecule has 0 N–H and O–H groups in total. The first-order valence-electron chi connectivity index (χ1n) is 7.20. The summed E-state index contributed by atoms with van der Waals surface area (Å²) in [5.41, 5.74) is 0.513. The van der Waals surface area contributed by atoms with Crippen LogP contribution in [0.15, 0.2) is 24.5 Å². The lowest BCUT2D eigenvalue weighted by Gasteiger charge is -2.22. The van der Waals surface area contributed by atoms with Crippen molar-refractivity contribution in [1.29, 1.82) is 0 Å². The summed E-state index contributed by atoms with van der Waals surface area (Å²) in [6.45, 7) is 8.51. The Morgan fingerprint density at radius 3 is 2.33 bits per heavy atom. The van der Waals surface area contributed by atoms with Gasteiger partial charge in [0.1, 0.15) is 5.60 Å². The molecule has 0 aromatic carbocycles. The summed E-state index contributed by atoms with van der Waals surface area (Å²) in [7, 11) is 0. The van der Waals surface area contributed by atoms with E-state index in [1.165, 1.54) is 0 Å². The lowest BCUT2D eigenvalue weighted by atomic mass is 10.2. The SMILES string of the molecule is CCN(Cc1ccncc1)C(=O)CCC(=O)OC(C)(C)C. The van der Waals surface area contributed by atoms with Crippen molar-refractivity contribution < 1.29 is 14.3 Å². The van der Waals surface area contributed by atoms with Crippen LogP contribution in [0, 0.1) is 0 Å². The molecule has 0 radical (unpaired) electrons. The molecule has 0 bridgehead atoms. The van der Waals surface area contributed by atoms with Crippen LogP contribution in [0.1, 0.15) is 46.1 Å². The Bertz CT molecular complexity index is 466. The largest absolute Gasteiger partial charge is 0.460 e. The van der Waals surface area contributed by atoms with E-state index in [0.29, 0.717) is 13.1 Å². The molecule has 5 nitrogen and oxygen atoms in total. The highest BCUT2D eigenvalue weighted by Crippen LogP contribution is 2.11. The van der Waals surface area contributed by atoms with Gasteiger partial charge in [-0.1, -0.05) is 0 Å². The van der Waals surface area contributed by atoms with Crippen LogP contribution in [-0.2, 0) is 20.9 Å². The molecule has 0 aliphatic heterocycles. The number of rotatable bonds is 6. The Morgan fingerprint density at radius 2 is 1.81 bits per heavy atom. The predicted octanol–water partition coefficient (Wildman–Crippen LogP) is 2.55. The van der Waals surface area contributed by atoms with Gasteiger partial charge < -0.3 is 9.64 Å².